The molecular formula is C26H31ClN8O2S. The molecule has 6 heterocycles. The molecule has 0 radical (unpaired) electrons. The van der Waals surface area contributed by atoms with Crippen LogP contribution in [-0.4, -0.2) is 62.4 Å². The Morgan fingerprint density at radius 2 is 1.89 bits per heavy atom. The first-order chi connectivity index (χ1) is 18.1. The van der Waals surface area contributed by atoms with E-state index < -0.39 is 11.2 Å². The Morgan fingerprint density at radius 3 is 2.58 bits per heavy atom. The van der Waals surface area contributed by atoms with Gasteiger partial charge in [0.05, 0.1) is 29.1 Å². The zero-order chi connectivity index (χ0) is 26.7. The van der Waals surface area contributed by atoms with Crippen molar-refractivity contribution in [2.75, 3.05) is 41.7 Å². The normalized spacial score (nSPS) is 20.8. The first kappa shape index (κ1) is 25.4. The minimum Gasteiger partial charge on any atom is -0.483 e. The zero-order valence-electron chi connectivity index (χ0n) is 21.3. The molecule has 3 aromatic heterocycles. The Balaban J connectivity index is 1.12. The van der Waals surface area contributed by atoms with Gasteiger partial charge in [-0.3, -0.25) is 4.98 Å². The van der Waals surface area contributed by atoms with Gasteiger partial charge >= 0.3 is 0 Å². The molecule has 3 aromatic rings. The maximum atomic E-state index is 10.2. The Labute approximate surface area is 230 Å². The van der Waals surface area contributed by atoms with Crippen molar-refractivity contribution in [2.24, 2.45) is 11.7 Å². The van der Waals surface area contributed by atoms with Crippen LogP contribution in [0.3, 0.4) is 0 Å². The molecule has 0 aromatic carbocycles. The number of nitrogens with two attached hydrogens (primary N) is 2. The highest BCUT2D eigenvalue weighted by atomic mass is 35.5. The Morgan fingerprint density at radius 1 is 1.13 bits per heavy atom. The lowest BCUT2D eigenvalue weighted by molar-refractivity contribution is 0.00438. The van der Waals surface area contributed by atoms with E-state index in [9.17, 15) is 5.11 Å². The van der Waals surface area contributed by atoms with Gasteiger partial charge in [-0.05, 0) is 26.0 Å². The van der Waals surface area contributed by atoms with Gasteiger partial charge in [-0.25, -0.2) is 15.0 Å². The summed E-state index contributed by atoms with van der Waals surface area (Å²) in [4.78, 5) is 23.0. The highest BCUT2D eigenvalue weighted by molar-refractivity contribution is 7.99. The molecular weight excluding hydrogens is 524 g/mol. The first-order valence-corrected chi connectivity index (χ1v) is 13.9. The van der Waals surface area contributed by atoms with E-state index in [4.69, 9.17) is 27.8 Å². The summed E-state index contributed by atoms with van der Waals surface area (Å²) < 4.78 is 6.30. The summed E-state index contributed by atoms with van der Waals surface area (Å²) in [5, 5.41) is 11.4. The molecule has 38 heavy (non-hydrogen) atoms. The van der Waals surface area contributed by atoms with Crippen molar-refractivity contribution < 1.29 is 9.84 Å². The summed E-state index contributed by atoms with van der Waals surface area (Å²) in [6.45, 7) is 6.54. The van der Waals surface area contributed by atoms with Gasteiger partial charge in [0.15, 0.2) is 5.82 Å². The molecule has 6 rings (SSSR count). The monoisotopic (exact) mass is 554 g/mol. The molecule has 0 bridgehead atoms. The zero-order valence-corrected chi connectivity index (χ0v) is 22.9. The van der Waals surface area contributed by atoms with Crippen LogP contribution in [-0.2, 0) is 0 Å². The van der Waals surface area contributed by atoms with Crippen LogP contribution in [0.15, 0.2) is 46.8 Å². The number of nitrogens with zero attached hydrogens (tertiary/aromatic N) is 6. The average molecular weight is 555 g/mol. The van der Waals surface area contributed by atoms with Crippen LogP contribution < -0.4 is 26.0 Å². The van der Waals surface area contributed by atoms with Crippen LogP contribution in [0.25, 0.3) is 0 Å². The topological polar surface area (TPSA) is 140 Å². The number of halogens is 1. The van der Waals surface area contributed by atoms with Crippen LogP contribution in [0, 0.1) is 5.92 Å². The largest absolute Gasteiger partial charge is 0.483 e. The Bertz CT molecular complexity index is 1360. The third-order valence-electron chi connectivity index (χ3n) is 7.94. The molecule has 0 amide bonds. The molecule has 0 saturated carbocycles. The van der Waals surface area contributed by atoms with Crippen molar-refractivity contribution in [1.29, 1.82) is 0 Å². The van der Waals surface area contributed by atoms with Crippen LogP contribution in [0.5, 0.6) is 5.75 Å². The number of fused-ring (bicyclic) bond motifs is 1. The summed E-state index contributed by atoms with van der Waals surface area (Å²) in [6, 6.07) is 3.61. The standard InChI is InChI=1S/C26H31ClN8O2S/c1-25(2,36)15-13-35(14-15)23-20(27)18(4-8-31-23)38-24-22(29)33-19(12-32-24)34-9-5-26(6-10-34)21(28)16-3-7-30-11-17(16)37-26/h3-4,7-8,11-12,15,21,36H,5-6,9-10,13-14,28H2,1-2H3,(H2,29,33)/t21-/m1/s1. The highest BCUT2D eigenvalue weighted by Crippen LogP contribution is 2.47. The number of nitrogen functional groups attached to an aromatic ring is 1. The quantitative estimate of drug-likeness (QED) is 0.428. The van der Waals surface area contributed by atoms with Crippen molar-refractivity contribution in [3.8, 4) is 5.75 Å². The van der Waals surface area contributed by atoms with E-state index >= 15 is 0 Å². The van der Waals surface area contributed by atoms with Crippen LogP contribution in [0.2, 0.25) is 5.02 Å². The van der Waals surface area contributed by atoms with E-state index in [0.29, 0.717) is 34.8 Å². The molecule has 2 saturated heterocycles. The van der Waals surface area contributed by atoms with Crippen molar-refractivity contribution in [2.45, 2.75) is 53.9 Å². The molecule has 3 aliphatic rings. The van der Waals surface area contributed by atoms with Gasteiger partial charge in [-0.15, -0.1) is 0 Å². The number of aromatic nitrogens is 4. The number of rotatable bonds is 5. The molecule has 10 nitrogen and oxygen atoms in total. The van der Waals surface area contributed by atoms with E-state index in [2.05, 4.69) is 29.7 Å². The summed E-state index contributed by atoms with van der Waals surface area (Å²) in [7, 11) is 0. The number of anilines is 3. The molecule has 1 atom stereocenters. The molecule has 3 aliphatic heterocycles. The van der Waals surface area contributed by atoms with Crippen LogP contribution >= 0.6 is 23.4 Å². The lowest BCUT2D eigenvalue weighted by Crippen LogP contribution is -2.56. The second-order valence-corrected chi connectivity index (χ2v) is 12.2. The number of hydrogen-bond acceptors (Lipinski definition) is 11. The van der Waals surface area contributed by atoms with Crippen molar-refractivity contribution >= 4 is 40.8 Å². The number of pyridine rings is 2. The maximum Gasteiger partial charge on any atom is 0.158 e. The predicted molar refractivity (Wildman–Crippen MR) is 148 cm³/mol. The molecule has 1 spiro atoms. The van der Waals surface area contributed by atoms with Gasteiger partial charge in [0.1, 0.15) is 28.0 Å². The Kier molecular flexibility index (Phi) is 6.29. The van der Waals surface area contributed by atoms with Gasteiger partial charge < -0.3 is 31.1 Å². The van der Waals surface area contributed by atoms with Gasteiger partial charge in [0.25, 0.3) is 0 Å². The van der Waals surface area contributed by atoms with E-state index in [0.717, 1.165) is 48.0 Å². The lowest BCUT2D eigenvalue weighted by Gasteiger charge is -2.46. The fourth-order valence-corrected chi connectivity index (χ4v) is 6.48. The van der Waals surface area contributed by atoms with E-state index in [1.165, 1.54) is 11.8 Å². The van der Waals surface area contributed by atoms with Crippen molar-refractivity contribution in [1.82, 2.24) is 19.9 Å². The maximum absolute atomic E-state index is 10.2. The predicted octanol–water partition coefficient (Wildman–Crippen LogP) is 3.29. The summed E-state index contributed by atoms with van der Waals surface area (Å²) in [5.74, 6) is 2.74. The van der Waals surface area contributed by atoms with E-state index in [1.807, 2.05) is 26.0 Å². The van der Waals surface area contributed by atoms with Gasteiger partial charge in [0.2, 0.25) is 0 Å². The minimum atomic E-state index is -0.727. The molecule has 0 unspecified atom stereocenters. The highest BCUT2D eigenvalue weighted by Gasteiger charge is 2.48. The van der Waals surface area contributed by atoms with Crippen LogP contribution in [0.4, 0.5) is 17.5 Å². The van der Waals surface area contributed by atoms with Gasteiger partial charge in [-0.2, -0.15) is 0 Å². The summed E-state index contributed by atoms with van der Waals surface area (Å²) >= 11 is 8.10. The molecule has 200 valence electrons. The first-order valence-electron chi connectivity index (χ1n) is 12.7. The second kappa shape index (κ2) is 9.41. The fraction of sp³-hybridized carbons (Fsp3) is 0.462. The van der Waals surface area contributed by atoms with E-state index in [1.54, 1.807) is 24.8 Å². The summed E-state index contributed by atoms with van der Waals surface area (Å²) in [6.07, 6.45) is 8.51. The van der Waals surface area contributed by atoms with E-state index in [-0.39, 0.29) is 12.0 Å². The third-order valence-corrected chi connectivity index (χ3v) is 9.49. The molecule has 12 heteroatoms. The Hall–Kier alpha value is -2.86. The lowest BCUT2D eigenvalue weighted by atomic mass is 9.83. The smallest absolute Gasteiger partial charge is 0.158 e. The second-order valence-electron chi connectivity index (χ2n) is 10.8. The number of hydrogen-bond donors (Lipinski definition) is 3. The molecule has 0 aliphatic carbocycles. The SMILES string of the molecule is CC(C)(O)C1CN(c2nccc(Sc3ncc(N4CCC5(CC4)Oc4cnccc4[C@H]5N)nc3N)c2Cl)C1. The third kappa shape index (κ3) is 4.41. The fourth-order valence-electron chi connectivity index (χ4n) is 5.36. The van der Waals surface area contributed by atoms with Crippen molar-refractivity contribution in [3.05, 3.63) is 47.5 Å². The summed E-state index contributed by atoms with van der Waals surface area (Å²) in [5.41, 5.74) is 12.8. The average Bonchev–Trinajstić information content (AvgIpc) is 3.12. The molecule has 5 N–H and O–H groups in total. The molecule has 2 fully saturated rings. The number of piperidine rings is 1. The minimum absolute atomic E-state index is 0.176. The number of ether oxygens (including phenoxy) is 1. The number of aliphatic hydroxyl groups is 1. The van der Waals surface area contributed by atoms with Crippen LogP contribution in [0.1, 0.15) is 38.3 Å². The van der Waals surface area contributed by atoms with Gasteiger partial charge in [-0.1, -0.05) is 23.4 Å². The van der Waals surface area contributed by atoms with Crippen molar-refractivity contribution in [3.63, 3.8) is 0 Å². The van der Waals surface area contributed by atoms with Gasteiger partial charge in [0, 0.05) is 67.8 Å².